The molecule has 13 heteroatoms. The molecule has 0 unspecified atom stereocenters. The topological polar surface area (TPSA) is 114 Å². The van der Waals surface area contributed by atoms with Crippen LogP contribution in [0.1, 0.15) is 29.8 Å². The molecule has 6 rings (SSSR count). The summed E-state index contributed by atoms with van der Waals surface area (Å²) in [7, 11) is 1.56. The number of ether oxygens (including phenoxy) is 1. The number of aromatic nitrogens is 4. The van der Waals surface area contributed by atoms with Gasteiger partial charge in [0.15, 0.2) is 5.82 Å². The normalized spacial score (nSPS) is 14.8. The van der Waals surface area contributed by atoms with Gasteiger partial charge in [-0.1, -0.05) is 48.0 Å². The Morgan fingerprint density at radius 3 is 2.54 bits per heavy atom. The van der Waals surface area contributed by atoms with Crippen LogP contribution < -0.4 is 20.7 Å². The van der Waals surface area contributed by atoms with E-state index in [4.69, 9.17) is 21.3 Å². The fourth-order valence-corrected chi connectivity index (χ4v) is 5.78. The molecule has 3 N–H and O–H groups in total. The second-order valence-electron chi connectivity index (χ2n) is 10.8. The third-order valence-corrected chi connectivity index (χ3v) is 8.19. The van der Waals surface area contributed by atoms with E-state index in [0.717, 1.165) is 23.1 Å². The highest BCUT2D eigenvalue weighted by Crippen LogP contribution is 2.40. The summed E-state index contributed by atoms with van der Waals surface area (Å²) < 4.78 is 46.4. The van der Waals surface area contributed by atoms with Gasteiger partial charge in [-0.05, 0) is 48.7 Å². The van der Waals surface area contributed by atoms with Crippen molar-refractivity contribution in [1.82, 2.24) is 30.6 Å². The molecule has 1 aliphatic heterocycles. The molecular weight excluding hydrogens is 619 g/mol. The van der Waals surface area contributed by atoms with E-state index in [1.165, 1.54) is 18.3 Å². The highest BCUT2D eigenvalue weighted by molar-refractivity contribution is 6.36. The van der Waals surface area contributed by atoms with Gasteiger partial charge in [0, 0.05) is 54.1 Å². The van der Waals surface area contributed by atoms with E-state index in [0.29, 0.717) is 52.9 Å². The second kappa shape index (κ2) is 12.9. The van der Waals surface area contributed by atoms with Crippen LogP contribution in [0, 0.1) is 6.92 Å². The van der Waals surface area contributed by atoms with Crippen LogP contribution >= 0.6 is 11.6 Å². The van der Waals surface area contributed by atoms with Crippen molar-refractivity contribution in [2.75, 3.05) is 19.0 Å². The summed E-state index contributed by atoms with van der Waals surface area (Å²) in [6, 6.07) is 17.9. The third-order valence-electron chi connectivity index (χ3n) is 7.78. The molecule has 1 saturated heterocycles. The first kappa shape index (κ1) is 31.2. The zero-order valence-corrected chi connectivity index (χ0v) is 25.6. The maximum atomic E-state index is 13.6. The molecule has 236 valence electrons. The van der Waals surface area contributed by atoms with Crippen LogP contribution in [0.3, 0.4) is 0 Å². The van der Waals surface area contributed by atoms with E-state index in [2.05, 4.69) is 30.9 Å². The third kappa shape index (κ3) is 6.44. The number of alkyl halides is 3. The van der Waals surface area contributed by atoms with E-state index in [9.17, 15) is 18.0 Å². The molecule has 1 atom stereocenters. The van der Waals surface area contributed by atoms with E-state index in [-0.39, 0.29) is 28.8 Å². The largest absolute Gasteiger partial charge is 0.481 e. The predicted octanol–water partition coefficient (Wildman–Crippen LogP) is 6.85. The molecule has 0 spiro atoms. The lowest BCUT2D eigenvalue weighted by atomic mass is 9.96. The van der Waals surface area contributed by atoms with Crippen LogP contribution in [0.5, 0.6) is 5.88 Å². The number of hydrogen-bond donors (Lipinski definition) is 3. The Morgan fingerprint density at radius 2 is 1.78 bits per heavy atom. The van der Waals surface area contributed by atoms with Crippen LogP contribution in [0.4, 0.5) is 24.7 Å². The summed E-state index contributed by atoms with van der Waals surface area (Å²) in [5.74, 6) is -0.791. The van der Waals surface area contributed by atoms with Gasteiger partial charge in [-0.25, -0.2) is 15.0 Å². The Bertz CT molecular complexity index is 1940. The lowest BCUT2D eigenvalue weighted by Crippen LogP contribution is -2.35. The lowest BCUT2D eigenvalue weighted by Gasteiger charge is -2.17. The van der Waals surface area contributed by atoms with Crippen LogP contribution in [-0.2, 0) is 17.5 Å². The molecule has 1 aliphatic rings. The minimum Gasteiger partial charge on any atom is -0.481 e. The predicted molar refractivity (Wildman–Crippen MR) is 170 cm³/mol. The molecule has 1 fully saturated rings. The first-order valence-corrected chi connectivity index (χ1v) is 14.9. The fourth-order valence-electron chi connectivity index (χ4n) is 5.45. The van der Waals surface area contributed by atoms with Gasteiger partial charge in [-0.2, -0.15) is 13.2 Å². The van der Waals surface area contributed by atoms with Gasteiger partial charge >= 0.3 is 6.18 Å². The first-order chi connectivity index (χ1) is 22.1. The average Bonchev–Trinajstić information content (AvgIpc) is 3.46. The molecular formula is C33H29ClF3N7O2. The van der Waals surface area contributed by atoms with Crippen molar-refractivity contribution in [3.8, 4) is 28.3 Å². The zero-order chi connectivity index (χ0) is 32.4. The molecule has 46 heavy (non-hydrogen) atoms. The summed E-state index contributed by atoms with van der Waals surface area (Å²) in [5.41, 5.74) is 5.20. The lowest BCUT2D eigenvalue weighted by molar-refractivity contribution is -0.144. The Balaban J connectivity index is 1.29. The van der Waals surface area contributed by atoms with Gasteiger partial charge in [-0.3, -0.25) is 9.78 Å². The highest BCUT2D eigenvalue weighted by atomic mass is 35.5. The summed E-state index contributed by atoms with van der Waals surface area (Å²) in [4.78, 5) is 27.8. The number of amides is 1. The van der Waals surface area contributed by atoms with Crippen LogP contribution in [-0.4, -0.2) is 45.5 Å². The molecule has 0 radical (unpaired) electrons. The van der Waals surface area contributed by atoms with Crippen LogP contribution in [0.25, 0.3) is 33.4 Å². The van der Waals surface area contributed by atoms with Gasteiger partial charge < -0.3 is 20.7 Å². The molecule has 4 heterocycles. The van der Waals surface area contributed by atoms with E-state index >= 15 is 0 Å². The van der Waals surface area contributed by atoms with Crippen molar-refractivity contribution < 1.29 is 22.7 Å². The summed E-state index contributed by atoms with van der Waals surface area (Å²) in [5, 5.41) is 9.80. The smallest absolute Gasteiger partial charge is 0.451 e. The SMILES string of the molecule is COc1nc(-c2cccc(-c3cccc(Nc4nc(C(F)(F)F)nc5cccnc45)c3C)c2Cl)ccc1CNC[C@@H]1CCC(=O)N1. The molecule has 0 bridgehead atoms. The van der Waals surface area contributed by atoms with Crippen molar-refractivity contribution in [3.63, 3.8) is 0 Å². The monoisotopic (exact) mass is 647 g/mol. The molecule has 1 amide bonds. The van der Waals surface area contributed by atoms with Crippen molar-refractivity contribution >= 4 is 40.0 Å². The number of rotatable bonds is 9. The van der Waals surface area contributed by atoms with Crippen molar-refractivity contribution in [1.29, 1.82) is 0 Å². The molecule has 0 aliphatic carbocycles. The number of nitrogens with one attached hydrogen (secondary N) is 3. The Morgan fingerprint density at radius 1 is 1.00 bits per heavy atom. The molecule has 9 nitrogen and oxygen atoms in total. The molecule has 0 saturated carbocycles. The van der Waals surface area contributed by atoms with Gasteiger partial charge in [0.05, 0.1) is 23.3 Å². The highest BCUT2D eigenvalue weighted by Gasteiger charge is 2.36. The number of pyridine rings is 2. The second-order valence-corrected chi connectivity index (χ2v) is 11.2. The number of benzene rings is 2. The average molecular weight is 648 g/mol. The number of anilines is 2. The number of fused-ring (bicyclic) bond motifs is 1. The Labute approximate surface area is 267 Å². The van der Waals surface area contributed by atoms with E-state index < -0.39 is 12.0 Å². The maximum absolute atomic E-state index is 13.6. The molecule has 5 aromatic rings. The van der Waals surface area contributed by atoms with Gasteiger partial charge in [0.1, 0.15) is 5.52 Å². The number of nitrogens with zero attached hydrogens (tertiary/aromatic N) is 4. The van der Waals surface area contributed by atoms with Crippen LogP contribution in [0.15, 0.2) is 66.9 Å². The Hall–Kier alpha value is -4.81. The molecule has 2 aromatic carbocycles. The minimum absolute atomic E-state index is 0.0584. The number of methoxy groups -OCH3 is 1. The summed E-state index contributed by atoms with van der Waals surface area (Å²) in [6.07, 6.45) is -1.90. The van der Waals surface area contributed by atoms with Crippen molar-refractivity contribution in [2.45, 2.75) is 38.5 Å². The summed E-state index contributed by atoms with van der Waals surface area (Å²) >= 11 is 7.01. The number of carbonyl (C=O) groups is 1. The van der Waals surface area contributed by atoms with Crippen molar-refractivity contribution in [3.05, 3.63) is 88.8 Å². The fraction of sp³-hybridized carbons (Fsp3) is 0.242. The quantitative estimate of drug-likeness (QED) is 0.159. The summed E-state index contributed by atoms with van der Waals surface area (Å²) in [6.45, 7) is 3.00. The number of carbonyl (C=O) groups excluding carboxylic acids is 1. The zero-order valence-electron chi connectivity index (χ0n) is 24.9. The Kier molecular flexibility index (Phi) is 8.74. The van der Waals surface area contributed by atoms with Gasteiger partial charge in [0.25, 0.3) is 0 Å². The molecule has 3 aromatic heterocycles. The maximum Gasteiger partial charge on any atom is 0.451 e. The van der Waals surface area contributed by atoms with Crippen LogP contribution in [0.2, 0.25) is 5.02 Å². The van der Waals surface area contributed by atoms with Gasteiger partial charge in [-0.15, -0.1) is 0 Å². The van der Waals surface area contributed by atoms with Crippen molar-refractivity contribution in [2.24, 2.45) is 0 Å². The first-order valence-electron chi connectivity index (χ1n) is 14.5. The number of halogens is 4. The number of hydrogen-bond acceptors (Lipinski definition) is 8. The van der Waals surface area contributed by atoms with E-state index in [1.807, 2.05) is 43.3 Å². The minimum atomic E-state index is -4.73. The standard InChI is InChI=1S/C33H29ClF3N7O2/c1-18-21(6-4-9-24(18)41-30-29-26(10-5-15-39-29)43-32(44-30)33(35,36)37)22-7-3-8-23(28(22)34)25-13-11-19(31(42-25)46-2)16-38-17-20-12-14-27(45)40-20/h3-11,13,15,20,38H,12,14,16-17H2,1-2H3,(H,40,45)(H,41,43,44)/t20-/m0/s1. The van der Waals surface area contributed by atoms with Gasteiger partial charge in [0.2, 0.25) is 17.6 Å². The van der Waals surface area contributed by atoms with E-state index in [1.54, 1.807) is 19.2 Å².